The molecule has 0 atom stereocenters. The molecule has 0 radical (unpaired) electrons. The van der Waals surface area contributed by atoms with E-state index in [1.54, 1.807) is 0 Å². The predicted octanol–water partition coefficient (Wildman–Crippen LogP) is 8.63. The number of rotatable bonds is 9. The van der Waals surface area contributed by atoms with Crippen molar-refractivity contribution >= 4 is 24.1 Å². The molecule has 37 heavy (non-hydrogen) atoms. The Labute approximate surface area is 224 Å². The van der Waals surface area contributed by atoms with Crippen molar-refractivity contribution in [1.82, 2.24) is 0 Å². The molecule has 0 aromatic heterocycles. The normalized spacial score (nSPS) is 11.5. The van der Waals surface area contributed by atoms with Crippen molar-refractivity contribution in [3.63, 3.8) is 0 Å². The van der Waals surface area contributed by atoms with Gasteiger partial charge in [0.25, 0.3) is 0 Å². The summed E-state index contributed by atoms with van der Waals surface area (Å²) in [5, 5.41) is 0. The molecular weight excluding hydrogens is 460 g/mol. The van der Waals surface area contributed by atoms with E-state index in [1.807, 2.05) is 19.1 Å². The van der Waals surface area contributed by atoms with Crippen molar-refractivity contribution in [2.75, 3.05) is 13.7 Å². The van der Waals surface area contributed by atoms with Gasteiger partial charge in [-0.1, -0.05) is 91.8 Å². The topological polar surface area (TPSA) is 52.6 Å². The van der Waals surface area contributed by atoms with Crippen LogP contribution in [0.3, 0.4) is 0 Å². The lowest BCUT2D eigenvalue weighted by atomic mass is 9.91. The lowest BCUT2D eigenvalue weighted by molar-refractivity contribution is -0.137. The molecule has 2 rings (SSSR count). The van der Waals surface area contributed by atoms with Gasteiger partial charge in [-0.3, -0.25) is 0 Å². The molecule has 2 aromatic carbocycles. The number of methoxy groups -OCH3 is 1. The van der Waals surface area contributed by atoms with Crippen molar-refractivity contribution in [2.45, 2.75) is 86.0 Å². The molecule has 0 aliphatic heterocycles. The first-order chi connectivity index (χ1) is 17.4. The first kappa shape index (κ1) is 31.9. The van der Waals surface area contributed by atoms with Crippen LogP contribution in [0, 0.1) is 0 Å². The molecule has 0 aliphatic rings. The molecule has 0 aliphatic carbocycles. The van der Waals surface area contributed by atoms with E-state index in [9.17, 15) is 9.59 Å². The van der Waals surface area contributed by atoms with E-state index in [1.165, 1.54) is 41.5 Å². The van der Waals surface area contributed by atoms with Crippen LogP contribution < -0.4 is 0 Å². The van der Waals surface area contributed by atoms with Gasteiger partial charge in [0.15, 0.2) is 0 Å². The molecule has 0 N–H and O–H groups in total. The second-order valence-corrected chi connectivity index (χ2v) is 10.3. The number of benzene rings is 2. The minimum Gasteiger partial charge on any atom is -0.466 e. The highest BCUT2D eigenvalue weighted by Gasteiger charge is 2.09. The van der Waals surface area contributed by atoms with Gasteiger partial charge >= 0.3 is 11.9 Å². The van der Waals surface area contributed by atoms with Crippen LogP contribution in [0.2, 0.25) is 0 Å². The van der Waals surface area contributed by atoms with Crippen molar-refractivity contribution in [3.8, 4) is 0 Å². The molecule has 0 amide bonds. The second kappa shape index (κ2) is 15.9. The van der Waals surface area contributed by atoms with Crippen LogP contribution in [-0.2, 0) is 19.1 Å². The summed E-state index contributed by atoms with van der Waals surface area (Å²) < 4.78 is 9.52. The third-order valence-electron chi connectivity index (χ3n) is 6.08. The minimum absolute atomic E-state index is 0.287. The molecule has 0 fully saturated rings. The standard InChI is InChI=1S/C17H24O2.C16H22O2/c1-6-19-17(18)10-9-14-7-8-15(12(2)3)11-16(14)13(4)5;1-11(2)13-6-8-15(12(3)4)14(10-13)7-9-16(17)18-5/h7-13H,6H2,1-5H3;6-12H,1-5H3. The molecule has 0 saturated heterocycles. The van der Waals surface area contributed by atoms with Crippen molar-refractivity contribution in [1.29, 1.82) is 0 Å². The maximum atomic E-state index is 11.4. The Morgan fingerprint density at radius 1 is 0.676 bits per heavy atom. The zero-order valence-electron chi connectivity index (χ0n) is 24.4. The highest BCUT2D eigenvalue weighted by atomic mass is 16.5. The Bertz CT molecular complexity index is 1070. The average Bonchev–Trinajstić information content (AvgIpc) is 2.85. The zero-order chi connectivity index (χ0) is 28.1. The lowest BCUT2D eigenvalue weighted by Gasteiger charge is -2.14. The number of carbonyl (C=O) groups is 2. The van der Waals surface area contributed by atoms with E-state index in [2.05, 4.69) is 96.5 Å². The number of ether oxygens (including phenoxy) is 2. The molecule has 202 valence electrons. The molecule has 0 unspecified atom stereocenters. The number of carbonyl (C=O) groups excluding carboxylic acids is 2. The molecule has 0 heterocycles. The fraction of sp³-hybridized carbons (Fsp3) is 0.455. The maximum absolute atomic E-state index is 11.4. The molecular formula is C33H46O4. The van der Waals surface area contributed by atoms with Gasteiger partial charge in [-0.25, -0.2) is 9.59 Å². The largest absolute Gasteiger partial charge is 0.466 e. The predicted molar refractivity (Wildman–Crippen MR) is 156 cm³/mol. The SMILES string of the molecule is CCOC(=O)C=Cc1ccc(C(C)C)cc1C(C)C.COC(=O)C=Cc1cc(C(C)C)ccc1C(C)C. The fourth-order valence-corrected chi connectivity index (χ4v) is 3.80. The average molecular weight is 507 g/mol. The Kier molecular flexibility index (Phi) is 13.7. The van der Waals surface area contributed by atoms with Crippen LogP contribution in [0.4, 0.5) is 0 Å². The molecule has 0 bridgehead atoms. The molecule has 4 nitrogen and oxygen atoms in total. The Morgan fingerprint density at radius 3 is 1.70 bits per heavy atom. The summed E-state index contributed by atoms with van der Waals surface area (Å²) >= 11 is 0. The van der Waals surface area contributed by atoms with Crippen LogP contribution in [0.25, 0.3) is 12.2 Å². The quantitative estimate of drug-likeness (QED) is 0.252. The number of hydrogen-bond donors (Lipinski definition) is 0. The Balaban J connectivity index is 0.000000371. The summed E-state index contributed by atoms with van der Waals surface area (Å²) in [5.74, 6) is 1.26. The van der Waals surface area contributed by atoms with E-state index in [4.69, 9.17) is 4.74 Å². The van der Waals surface area contributed by atoms with Crippen LogP contribution in [0.15, 0.2) is 48.6 Å². The van der Waals surface area contributed by atoms with Gasteiger partial charge < -0.3 is 9.47 Å². The highest BCUT2D eigenvalue weighted by molar-refractivity contribution is 5.87. The summed E-state index contributed by atoms with van der Waals surface area (Å²) in [7, 11) is 1.39. The van der Waals surface area contributed by atoms with Gasteiger partial charge in [0.1, 0.15) is 0 Å². The minimum atomic E-state index is -0.320. The van der Waals surface area contributed by atoms with Gasteiger partial charge in [0.2, 0.25) is 0 Å². The Morgan fingerprint density at radius 2 is 1.19 bits per heavy atom. The van der Waals surface area contributed by atoms with E-state index < -0.39 is 0 Å². The van der Waals surface area contributed by atoms with Crippen molar-refractivity contribution in [3.05, 3.63) is 81.9 Å². The molecule has 2 aromatic rings. The zero-order valence-corrected chi connectivity index (χ0v) is 24.4. The second-order valence-electron chi connectivity index (χ2n) is 10.3. The van der Waals surface area contributed by atoms with Crippen molar-refractivity contribution in [2.24, 2.45) is 0 Å². The van der Waals surface area contributed by atoms with Crippen LogP contribution >= 0.6 is 0 Å². The molecule has 4 heteroatoms. The maximum Gasteiger partial charge on any atom is 0.330 e. The van der Waals surface area contributed by atoms with E-state index in [0.29, 0.717) is 30.3 Å². The molecule has 0 saturated carbocycles. The summed E-state index contributed by atoms with van der Waals surface area (Å²) in [4.78, 5) is 22.5. The Hall–Kier alpha value is -3.14. The van der Waals surface area contributed by atoms with Gasteiger partial charge in [-0.05, 0) is 76.1 Å². The van der Waals surface area contributed by atoms with Crippen LogP contribution in [0.5, 0.6) is 0 Å². The first-order valence-corrected chi connectivity index (χ1v) is 13.3. The number of hydrogen-bond acceptors (Lipinski definition) is 4. The fourth-order valence-electron chi connectivity index (χ4n) is 3.80. The number of esters is 2. The smallest absolute Gasteiger partial charge is 0.330 e. The summed E-state index contributed by atoms with van der Waals surface area (Å²) in [6, 6.07) is 12.9. The van der Waals surface area contributed by atoms with E-state index in [0.717, 1.165) is 11.1 Å². The van der Waals surface area contributed by atoms with E-state index in [-0.39, 0.29) is 11.9 Å². The van der Waals surface area contributed by atoms with Gasteiger partial charge in [0, 0.05) is 12.2 Å². The molecule has 0 spiro atoms. The highest BCUT2D eigenvalue weighted by Crippen LogP contribution is 2.26. The third-order valence-corrected chi connectivity index (χ3v) is 6.08. The first-order valence-electron chi connectivity index (χ1n) is 13.3. The van der Waals surface area contributed by atoms with Crippen molar-refractivity contribution < 1.29 is 19.1 Å². The van der Waals surface area contributed by atoms with Crippen LogP contribution in [-0.4, -0.2) is 25.7 Å². The third kappa shape index (κ3) is 10.8. The van der Waals surface area contributed by atoms with E-state index >= 15 is 0 Å². The summed E-state index contributed by atoms with van der Waals surface area (Å²) in [5.41, 5.74) is 7.32. The van der Waals surface area contributed by atoms with Gasteiger partial charge in [-0.2, -0.15) is 0 Å². The summed E-state index contributed by atoms with van der Waals surface area (Å²) in [6.45, 7) is 19.6. The monoisotopic (exact) mass is 506 g/mol. The lowest BCUT2D eigenvalue weighted by Crippen LogP contribution is -2.00. The van der Waals surface area contributed by atoms with Gasteiger partial charge in [-0.15, -0.1) is 0 Å². The summed E-state index contributed by atoms with van der Waals surface area (Å²) in [6.07, 6.45) is 6.66. The van der Waals surface area contributed by atoms with Crippen LogP contribution in [0.1, 0.15) is 119 Å². The van der Waals surface area contributed by atoms with Gasteiger partial charge in [0.05, 0.1) is 13.7 Å².